The first-order valence-corrected chi connectivity index (χ1v) is 14.8. The summed E-state index contributed by atoms with van der Waals surface area (Å²) < 4.78 is 6.28. The number of rotatable bonds is 3. The lowest BCUT2D eigenvalue weighted by Crippen LogP contribution is -2.31. The maximum Gasteiger partial charge on any atom is 0.265 e. The third-order valence-electron chi connectivity index (χ3n) is 9.15. The van der Waals surface area contributed by atoms with Crippen molar-refractivity contribution in [3.8, 4) is 45.2 Å². The van der Waals surface area contributed by atoms with Crippen LogP contribution in [-0.2, 0) is 10.8 Å². The van der Waals surface area contributed by atoms with Crippen molar-refractivity contribution in [3.63, 3.8) is 0 Å². The van der Waals surface area contributed by atoms with Gasteiger partial charge in [0.1, 0.15) is 0 Å². The molecule has 0 fully saturated rings. The minimum atomic E-state index is -0.635. The first-order chi connectivity index (χ1) is 21.3. The molecule has 6 heteroatoms. The molecule has 3 N–H and O–H groups in total. The number of benzene rings is 5. The SMILES string of the molecule is CC(C)(C)c1ccc(-c2nnc(-c3ccc4c(c3)C3(c5ccccc5-c5ccc(C(=O)NN)cc53)c3ccccc3-4)o2)cc1. The summed E-state index contributed by atoms with van der Waals surface area (Å²) in [4.78, 5) is 12.7. The summed E-state index contributed by atoms with van der Waals surface area (Å²) in [5, 5.41) is 8.89. The minimum absolute atomic E-state index is 0.0584. The number of fused-ring (bicyclic) bond motifs is 10. The van der Waals surface area contributed by atoms with Gasteiger partial charge in [-0.3, -0.25) is 10.2 Å². The van der Waals surface area contributed by atoms with Crippen LogP contribution in [0, 0.1) is 0 Å². The average molecular weight is 575 g/mol. The molecule has 2 aliphatic carbocycles. The van der Waals surface area contributed by atoms with Gasteiger partial charge < -0.3 is 4.42 Å². The van der Waals surface area contributed by atoms with Crippen LogP contribution < -0.4 is 11.3 Å². The third kappa shape index (κ3) is 3.61. The Hall–Kier alpha value is -5.33. The number of nitrogens with one attached hydrogen (secondary N) is 1. The molecule has 5 aromatic carbocycles. The molecule has 6 aromatic rings. The van der Waals surface area contributed by atoms with Crippen molar-refractivity contribution in [1.82, 2.24) is 15.6 Å². The zero-order valence-corrected chi connectivity index (χ0v) is 24.7. The predicted molar refractivity (Wildman–Crippen MR) is 172 cm³/mol. The van der Waals surface area contributed by atoms with Crippen LogP contribution in [-0.4, -0.2) is 16.1 Å². The predicted octanol–water partition coefficient (Wildman–Crippen LogP) is 7.65. The summed E-state index contributed by atoms with van der Waals surface area (Å²) in [7, 11) is 0. The van der Waals surface area contributed by atoms with Gasteiger partial charge in [-0.1, -0.05) is 93.6 Å². The van der Waals surface area contributed by atoms with E-state index in [0.717, 1.165) is 44.5 Å². The number of carbonyl (C=O) groups is 1. The maximum atomic E-state index is 12.7. The van der Waals surface area contributed by atoms with Crippen molar-refractivity contribution in [2.45, 2.75) is 31.6 Å². The standard InChI is InChI=1S/C38H30N4O2/c1-37(2,3)25-16-12-22(13-17-25)35-41-42-36(44-35)24-15-19-29-27-9-5-7-11-31(27)38(33(29)21-24)30-10-6-4-8-26(30)28-18-14-23(20-32(28)38)34(43)40-39/h4-21H,39H2,1-3H3,(H,40,43). The van der Waals surface area contributed by atoms with Gasteiger partial charge in [0.15, 0.2) is 0 Å². The Labute approximate surface area is 255 Å². The molecule has 0 radical (unpaired) electrons. The summed E-state index contributed by atoms with van der Waals surface area (Å²) in [6.45, 7) is 6.59. The number of hydrogen-bond donors (Lipinski definition) is 2. The Morgan fingerprint density at radius 3 is 1.80 bits per heavy atom. The van der Waals surface area contributed by atoms with Gasteiger partial charge in [-0.2, -0.15) is 0 Å². The summed E-state index contributed by atoms with van der Waals surface area (Å²) in [5.74, 6) is 6.17. The number of nitrogens with two attached hydrogens (primary N) is 1. The summed E-state index contributed by atoms with van der Waals surface area (Å²) in [5.41, 5.74) is 14.3. The van der Waals surface area contributed by atoms with Gasteiger partial charge in [0.25, 0.3) is 5.91 Å². The third-order valence-corrected chi connectivity index (χ3v) is 9.15. The smallest absolute Gasteiger partial charge is 0.265 e. The summed E-state index contributed by atoms with van der Waals surface area (Å²) in [6.07, 6.45) is 0. The van der Waals surface area contributed by atoms with Crippen molar-refractivity contribution in [2.24, 2.45) is 5.84 Å². The van der Waals surface area contributed by atoms with E-state index in [1.165, 1.54) is 16.7 Å². The molecule has 0 aliphatic heterocycles. The van der Waals surface area contributed by atoms with Gasteiger partial charge >= 0.3 is 0 Å². The molecule has 1 heterocycles. The number of carbonyl (C=O) groups excluding carboxylic acids is 1. The first kappa shape index (κ1) is 26.3. The quantitative estimate of drug-likeness (QED) is 0.128. The fourth-order valence-electron chi connectivity index (χ4n) is 7.07. The van der Waals surface area contributed by atoms with Crippen LogP contribution in [0.15, 0.2) is 114 Å². The van der Waals surface area contributed by atoms with Crippen LogP contribution in [0.1, 0.15) is 58.9 Å². The molecular formula is C38H30N4O2. The molecule has 1 spiro atoms. The van der Waals surface area contributed by atoms with Gasteiger partial charge in [-0.05, 0) is 91.9 Å². The van der Waals surface area contributed by atoms with E-state index in [1.54, 1.807) is 0 Å². The fourth-order valence-corrected chi connectivity index (χ4v) is 7.07. The van der Waals surface area contributed by atoms with E-state index in [0.29, 0.717) is 17.3 Å². The van der Waals surface area contributed by atoms with Crippen LogP contribution in [0.25, 0.3) is 45.2 Å². The van der Waals surface area contributed by atoms with Crippen molar-refractivity contribution in [2.75, 3.05) is 0 Å². The summed E-state index contributed by atoms with van der Waals surface area (Å²) in [6, 6.07) is 37.6. The number of nitrogen functional groups attached to an aromatic ring is 1. The topological polar surface area (TPSA) is 94.0 Å². The highest BCUT2D eigenvalue weighted by Crippen LogP contribution is 2.63. The van der Waals surface area contributed by atoms with Crippen molar-refractivity contribution >= 4 is 5.91 Å². The molecule has 1 aromatic heterocycles. The van der Waals surface area contributed by atoms with Gasteiger partial charge in [0.05, 0.1) is 5.41 Å². The van der Waals surface area contributed by atoms with E-state index in [9.17, 15) is 4.79 Å². The van der Waals surface area contributed by atoms with Crippen LogP contribution in [0.2, 0.25) is 0 Å². The van der Waals surface area contributed by atoms with Crippen LogP contribution >= 0.6 is 0 Å². The number of aromatic nitrogens is 2. The first-order valence-electron chi connectivity index (χ1n) is 14.8. The molecule has 0 saturated heterocycles. The normalized spacial score (nSPS) is 15.9. The lowest BCUT2D eigenvalue weighted by atomic mass is 9.70. The zero-order valence-electron chi connectivity index (χ0n) is 24.7. The van der Waals surface area contributed by atoms with Crippen LogP contribution in [0.3, 0.4) is 0 Å². The number of hydrogen-bond acceptors (Lipinski definition) is 5. The molecule has 8 rings (SSSR count). The Kier molecular flexibility index (Phi) is 5.58. The molecule has 6 nitrogen and oxygen atoms in total. The largest absolute Gasteiger partial charge is 0.416 e. The Morgan fingerprint density at radius 2 is 1.18 bits per heavy atom. The van der Waals surface area contributed by atoms with Crippen LogP contribution in [0.4, 0.5) is 0 Å². The van der Waals surface area contributed by atoms with E-state index < -0.39 is 5.41 Å². The second kappa shape index (κ2) is 9.33. The molecule has 1 unspecified atom stereocenters. The fraction of sp³-hybridized carbons (Fsp3) is 0.132. The molecule has 1 atom stereocenters. The molecule has 1 amide bonds. The molecule has 0 saturated carbocycles. The van der Waals surface area contributed by atoms with Gasteiger partial charge in [-0.25, -0.2) is 5.84 Å². The monoisotopic (exact) mass is 574 g/mol. The van der Waals surface area contributed by atoms with Gasteiger partial charge in [-0.15, -0.1) is 10.2 Å². The van der Waals surface area contributed by atoms with E-state index in [4.69, 9.17) is 10.3 Å². The lowest BCUT2D eigenvalue weighted by Gasteiger charge is -2.30. The highest BCUT2D eigenvalue weighted by atomic mass is 16.4. The van der Waals surface area contributed by atoms with E-state index in [2.05, 4.69) is 115 Å². The Bertz CT molecular complexity index is 2110. The second-order valence-electron chi connectivity index (χ2n) is 12.6. The maximum absolute atomic E-state index is 12.7. The van der Waals surface area contributed by atoms with Gasteiger partial charge in [0, 0.05) is 16.7 Å². The Balaban J connectivity index is 1.32. The number of hydrazine groups is 1. The van der Waals surface area contributed by atoms with Crippen molar-refractivity contribution in [1.29, 1.82) is 0 Å². The van der Waals surface area contributed by atoms with E-state index >= 15 is 0 Å². The van der Waals surface area contributed by atoms with Gasteiger partial charge in [0.2, 0.25) is 11.8 Å². The molecule has 44 heavy (non-hydrogen) atoms. The highest BCUT2D eigenvalue weighted by Gasteiger charge is 2.52. The van der Waals surface area contributed by atoms with Crippen LogP contribution in [0.5, 0.6) is 0 Å². The zero-order chi connectivity index (χ0) is 30.2. The molecule has 0 bridgehead atoms. The minimum Gasteiger partial charge on any atom is -0.416 e. The molecule has 2 aliphatic rings. The number of amides is 1. The molecular weight excluding hydrogens is 544 g/mol. The van der Waals surface area contributed by atoms with E-state index in [1.807, 2.05) is 30.3 Å². The average Bonchev–Trinajstić information content (AvgIpc) is 3.74. The second-order valence-corrected chi connectivity index (χ2v) is 12.6. The summed E-state index contributed by atoms with van der Waals surface area (Å²) >= 11 is 0. The molecule has 214 valence electrons. The highest BCUT2D eigenvalue weighted by molar-refractivity contribution is 5.99. The Morgan fingerprint density at radius 1 is 0.659 bits per heavy atom. The number of nitrogens with zero attached hydrogens (tertiary/aromatic N) is 2. The van der Waals surface area contributed by atoms with Crippen molar-refractivity contribution < 1.29 is 9.21 Å². The lowest BCUT2D eigenvalue weighted by molar-refractivity contribution is 0.0953. The van der Waals surface area contributed by atoms with Crippen molar-refractivity contribution in [3.05, 3.63) is 143 Å². The van der Waals surface area contributed by atoms with E-state index in [-0.39, 0.29) is 11.3 Å².